The van der Waals surface area contributed by atoms with Crippen molar-refractivity contribution in [1.29, 1.82) is 0 Å². The maximum atomic E-state index is 13.2. The molecule has 2 aromatic carbocycles. The molecule has 0 bridgehead atoms. The highest BCUT2D eigenvalue weighted by Gasteiger charge is 2.25. The van der Waals surface area contributed by atoms with Crippen LogP contribution in [0.3, 0.4) is 0 Å². The molecule has 10 nitrogen and oxygen atoms in total. The standard InChI is InChI=1S/C22H23FN4O6/c23-16-4-6-17(7-5-16)26(12-9-20(24)28)21(29)14-33-22(30)15-3-8-18(19(13-15)27(31)32)25-10-1-2-11-25/h3-8,13H,1-2,9-12,14H2,(H2,24,28). The quantitative estimate of drug-likeness (QED) is 0.346. The van der Waals surface area contributed by atoms with E-state index in [2.05, 4.69) is 0 Å². The van der Waals surface area contributed by atoms with Gasteiger partial charge in [-0.15, -0.1) is 0 Å². The predicted octanol–water partition coefficient (Wildman–Crippen LogP) is 2.40. The first-order valence-electron chi connectivity index (χ1n) is 10.3. The zero-order valence-corrected chi connectivity index (χ0v) is 17.7. The second kappa shape index (κ2) is 10.5. The number of nitro groups is 1. The fourth-order valence-corrected chi connectivity index (χ4v) is 3.55. The van der Waals surface area contributed by atoms with Crippen molar-refractivity contribution >= 4 is 34.8 Å². The molecular formula is C22H23FN4O6. The predicted molar refractivity (Wildman–Crippen MR) is 117 cm³/mol. The Labute approximate surface area is 188 Å². The largest absolute Gasteiger partial charge is 0.452 e. The van der Waals surface area contributed by atoms with Crippen LogP contribution in [-0.4, -0.2) is 48.9 Å². The SMILES string of the molecule is NC(=O)CCN(C(=O)COC(=O)c1ccc(N2CCCC2)c([N+](=O)[O-])c1)c1ccc(F)cc1. The van der Waals surface area contributed by atoms with E-state index in [1.54, 1.807) is 0 Å². The number of rotatable bonds is 9. The normalized spacial score (nSPS) is 12.9. The molecule has 1 aliphatic heterocycles. The smallest absolute Gasteiger partial charge is 0.338 e. The zero-order valence-electron chi connectivity index (χ0n) is 17.7. The van der Waals surface area contributed by atoms with Gasteiger partial charge in [-0.1, -0.05) is 0 Å². The summed E-state index contributed by atoms with van der Waals surface area (Å²) in [4.78, 5) is 50.3. The number of nitro benzene ring substituents is 1. The lowest BCUT2D eigenvalue weighted by Crippen LogP contribution is -2.37. The number of hydrogen-bond acceptors (Lipinski definition) is 7. The molecule has 1 heterocycles. The Hall–Kier alpha value is -4.02. The number of nitrogens with zero attached hydrogens (tertiary/aromatic N) is 3. The van der Waals surface area contributed by atoms with Crippen LogP contribution in [-0.2, 0) is 14.3 Å². The summed E-state index contributed by atoms with van der Waals surface area (Å²) in [6.45, 7) is 0.622. The Morgan fingerprint density at radius 1 is 1.12 bits per heavy atom. The van der Waals surface area contributed by atoms with Gasteiger partial charge in [0.05, 0.1) is 10.5 Å². The van der Waals surface area contributed by atoms with E-state index in [0.717, 1.165) is 35.9 Å². The first-order valence-corrected chi connectivity index (χ1v) is 10.3. The topological polar surface area (TPSA) is 136 Å². The number of carbonyl (C=O) groups is 3. The molecule has 1 saturated heterocycles. The van der Waals surface area contributed by atoms with Gasteiger partial charge in [0.25, 0.3) is 11.6 Å². The molecule has 174 valence electrons. The molecule has 0 radical (unpaired) electrons. The number of anilines is 2. The second-order valence-electron chi connectivity index (χ2n) is 7.47. The number of halogens is 1. The van der Waals surface area contributed by atoms with Crippen molar-refractivity contribution in [1.82, 2.24) is 0 Å². The zero-order chi connectivity index (χ0) is 24.0. The Morgan fingerprint density at radius 3 is 2.39 bits per heavy atom. The summed E-state index contributed by atoms with van der Waals surface area (Å²) in [5, 5.41) is 11.5. The lowest BCUT2D eigenvalue weighted by atomic mass is 10.1. The highest BCUT2D eigenvalue weighted by molar-refractivity contribution is 5.98. The summed E-state index contributed by atoms with van der Waals surface area (Å²) < 4.78 is 18.3. The summed E-state index contributed by atoms with van der Waals surface area (Å²) >= 11 is 0. The fourth-order valence-electron chi connectivity index (χ4n) is 3.55. The van der Waals surface area contributed by atoms with E-state index in [9.17, 15) is 28.9 Å². The van der Waals surface area contributed by atoms with Gasteiger partial charge in [0.15, 0.2) is 6.61 Å². The number of primary amides is 1. The Balaban J connectivity index is 1.71. The second-order valence-corrected chi connectivity index (χ2v) is 7.47. The van der Waals surface area contributed by atoms with E-state index in [0.29, 0.717) is 24.5 Å². The number of hydrogen-bond donors (Lipinski definition) is 1. The van der Waals surface area contributed by atoms with Crippen LogP contribution in [0.1, 0.15) is 29.6 Å². The van der Waals surface area contributed by atoms with E-state index in [-0.39, 0.29) is 24.2 Å². The molecule has 2 amide bonds. The molecule has 3 rings (SSSR count). The van der Waals surface area contributed by atoms with Crippen molar-refractivity contribution in [3.05, 3.63) is 64.0 Å². The van der Waals surface area contributed by atoms with Crippen LogP contribution in [0.25, 0.3) is 0 Å². The monoisotopic (exact) mass is 458 g/mol. The number of benzene rings is 2. The minimum atomic E-state index is -0.909. The number of amides is 2. The molecule has 11 heteroatoms. The highest BCUT2D eigenvalue weighted by Crippen LogP contribution is 2.31. The van der Waals surface area contributed by atoms with Gasteiger partial charge >= 0.3 is 5.97 Å². The molecule has 2 N–H and O–H groups in total. The minimum Gasteiger partial charge on any atom is -0.452 e. The third-order valence-electron chi connectivity index (χ3n) is 5.20. The Morgan fingerprint density at radius 2 is 1.79 bits per heavy atom. The molecule has 0 saturated carbocycles. The van der Waals surface area contributed by atoms with Crippen LogP contribution in [0.5, 0.6) is 0 Å². The highest BCUT2D eigenvalue weighted by atomic mass is 19.1. The van der Waals surface area contributed by atoms with E-state index in [1.807, 2.05) is 4.90 Å². The third kappa shape index (κ3) is 6.03. The van der Waals surface area contributed by atoms with Crippen molar-refractivity contribution in [3.63, 3.8) is 0 Å². The van der Waals surface area contributed by atoms with Crippen LogP contribution in [0.15, 0.2) is 42.5 Å². The number of nitrogens with two attached hydrogens (primary N) is 1. The average Bonchev–Trinajstić information content (AvgIpc) is 3.33. The van der Waals surface area contributed by atoms with Gasteiger partial charge in [-0.2, -0.15) is 0 Å². The van der Waals surface area contributed by atoms with Crippen molar-refractivity contribution in [2.45, 2.75) is 19.3 Å². The summed E-state index contributed by atoms with van der Waals surface area (Å²) in [6, 6.07) is 9.02. The molecule has 1 aliphatic rings. The fraction of sp³-hybridized carbons (Fsp3) is 0.318. The van der Waals surface area contributed by atoms with Crippen LogP contribution in [0, 0.1) is 15.9 Å². The van der Waals surface area contributed by atoms with Gasteiger partial charge in [-0.05, 0) is 49.2 Å². The van der Waals surface area contributed by atoms with Gasteiger partial charge < -0.3 is 20.3 Å². The molecule has 2 aromatic rings. The molecule has 0 spiro atoms. The van der Waals surface area contributed by atoms with E-state index in [4.69, 9.17) is 10.5 Å². The van der Waals surface area contributed by atoms with Gasteiger partial charge in [0, 0.05) is 37.8 Å². The summed E-state index contributed by atoms with van der Waals surface area (Å²) in [5.41, 5.74) is 5.60. The lowest BCUT2D eigenvalue weighted by Gasteiger charge is -2.22. The summed E-state index contributed by atoms with van der Waals surface area (Å²) in [6.07, 6.45) is 1.72. The molecule has 0 unspecified atom stereocenters. The average molecular weight is 458 g/mol. The van der Waals surface area contributed by atoms with Crippen molar-refractivity contribution in [2.24, 2.45) is 5.73 Å². The molecule has 0 atom stereocenters. The van der Waals surface area contributed by atoms with E-state index < -0.39 is 35.1 Å². The first kappa shape index (κ1) is 23.6. The maximum Gasteiger partial charge on any atom is 0.338 e. The van der Waals surface area contributed by atoms with Crippen molar-refractivity contribution in [2.75, 3.05) is 36.0 Å². The van der Waals surface area contributed by atoms with E-state index in [1.165, 1.54) is 24.3 Å². The third-order valence-corrected chi connectivity index (χ3v) is 5.20. The Kier molecular flexibility index (Phi) is 7.54. The molecule has 0 aromatic heterocycles. The van der Waals surface area contributed by atoms with Gasteiger partial charge in [0.2, 0.25) is 5.91 Å². The lowest BCUT2D eigenvalue weighted by molar-refractivity contribution is -0.384. The van der Waals surface area contributed by atoms with Crippen LogP contribution >= 0.6 is 0 Å². The number of ether oxygens (including phenoxy) is 1. The minimum absolute atomic E-state index is 0.0667. The first-order chi connectivity index (χ1) is 15.8. The van der Waals surface area contributed by atoms with Crippen LogP contribution in [0.2, 0.25) is 0 Å². The summed E-state index contributed by atoms with van der Waals surface area (Å²) in [5.74, 6) is -2.73. The molecule has 0 aliphatic carbocycles. The van der Waals surface area contributed by atoms with Crippen molar-refractivity contribution in [3.8, 4) is 0 Å². The summed E-state index contributed by atoms with van der Waals surface area (Å²) in [7, 11) is 0. The van der Waals surface area contributed by atoms with Gasteiger partial charge in [-0.3, -0.25) is 19.7 Å². The van der Waals surface area contributed by atoms with Crippen molar-refractivity contribution < 1.29 is 28.4 Å². The molecule has 1 fully saturated rings. The Bertz CT molecular complexity index is 1050. The maximum absolute atomic E-state index is 13.2. The van der Waals surface area contributed by atoms with E-state index >= 15 is 0 Å². The molecule has 33 heavy (non-hydrogen) atoms. The number of esters is 1. The molecular weight excluding hydrogens is 435 g/mol. The van der Waals surface area contributed by atoms with Gasteiger partial charge in [0.1, 0.15) is 11.5 Å². The van der Waals surface area contributed by atoms with Gasteiger partial charge in [-0.25, -0.2) is 9.18 Å². The van der Waals surface area contributed by atoms with Crippen LogP contribution in [0.4, 0.5) is 21.5 Å². The number of carbonyl (C=O) groups excluding carboxylic acids is 3. The van der Waals surface area contributed by atoms with Crippen LogP contribution < -0.4 is 15.5 Å².